The minimum Gasteiger partial charge on any atom is -0.495 e. The van der Waals surface area contributed by atoms with Crippen molar-refractivity contribution < 1.29 is 9.53 Å². The lowest BCUT2D eigenvalue weighted by atomic mass is 10.2. The van der Waals surface area contributed by atoms with Crippen molar-refractivity contribution in [3.05, 3.63) is 36.4 Å². The van der Waals surface area contributed by atoms with Crippen molar-refractivity contribution in [2.75, 3.05) is 18.2 Å². The number of nitrogens with one attached hydrogen (secondary N) is 1. The van der Waals surface area contributed by atoms with E-state index in [1.807, 2.05) is 0 Å². The van der Waals surface area contributed by atoms with Gasteiger partial charge in [0.2, 0.25) is 0 Å². The van der Waals surface area contributed by atoms with Gasteiger partial charge in [0.15, 0.2) is 5.82 Å². The molecule has 3 N–H and O–H groups in total. The number of amides is 1. The number of ether oxygens (including phenoxy) is 1. The molecule has 0 unspecified atom stereocenters. The molecule has 18 heavy (non-hydrogen) atoms. The number of aryl methyl sites for hydroxylation is 1. The Labute approximate surface area is 104 Å². The fourth-order valence-corrected chi connectivity index (χ4v) is 1.56. The van der Waals surface area contributed by atoms with Crippen molar-refractivity contribution in [3.63, 3.8) is 0 Å². The molecule has 0 fully saturated rings. The van der Waals surface area contributed by atoms with Gasteiger partial charge in [0.25, 0.3) is 5.91 Å². The summed E-state index contributed by atoms with van der Waals surface area (Å²) in [6, 6.07) is 5.04. The van der Waals surface area contributed by atoms with E-state index in [-0.39, 0.29) is 5.91 Å². The first-order valence-electron chi connectivity index (χ1n) is 5.34. The number of hydrogen-bond donors (Lipinski definition) is 2. The maximum Gasteiger partial charge on any atom is 0.291 e. The number of hydrogen-bond acceptors (Lipinski definition) is 4. The zero-order chi connectivity index (χ0) is 13.1. The van der Waals surface area contributed by atoms with Crippen LogP contribution >= 0.6 is 0 Å². The predicted octanol–water partition coefficient (Wildman–Crippen LogP) is 1.26. The highest BCUT2D eigenvalue weighted by Gasteiger charge is 2.11. The van der Waals surface area contributed by atoms with Gasteiger partial charge in [-0.05, 0) is 12.1 Å². The molecule has 0 aliphatic heterocycles. The molecular formula is C12H14N4O2. The summed E-state index contributed by atoms with van der Waals surface area (Å²) in [7, 11) is 3.28. The van der Waals surface area contributed by atoms with Gasteiger partial charge in [-0.2, -0.15) is 0 Å². The number of aromatic nitrogens is 2. The third kappa shape index (κ3) is 2.27. The topological polar surface area (TPSA) is 82.2 Å². The van der Waals surface area contributed by atoms with Crippen LogP contribution in [-0.4, -0.2) is 22.6 Å². The monoisotopic (exact) mass is 246 g/mol. The normalized spacial score (nSPS) is 10.1. The van der Waals surface area contributed by atoms with Crippen LogP contribution in [0.2, 0.25) is 0 Å². The lowest BCUT2D eigenvalue weighted by Crippen LogP contribution is -2.16. The maximum atomic E-state index is 11.9. The molecule has 1 heterocycles. The minimum absolute atomic E-state index is 0.283. The Balaban J connectivity index is 2.20. The maximum absolute atomic E-state index is 11.9. The van der Waals surface area contributed by atoms with Gasteiger partial charge in [-0.3, -0.25) is 4.79 Å². The minimum atomic E-state index is -0.283. The summed E-state index contributed by atoms with van der Waals surface area (Å²) < 4.78 is 6.73. The molecule has 0 saturated carbocycles. The summed E-state index contributed by atoms with van der Waals surface area (Å²) in [5.41, 5.74) is 6.82. The second-order valence-corrected chi connectivity index (χ2v) is 3.77. The highest BCUT2D eigenvalue weighted by atomic mass is 16.5. The SMILES string of the molecule is COc1cc(NC(=O)c2nccn2C)ccc1N. The van der Waals surface area contributed by atoms with E-state index in [1.165, 1.54) is 7.11 Å². The Kier molecular flexibility index (Phi) is 3.18. The van der Waals surface area contributed by atoms with Crippen molar-refractivity contribution in [2.24, 2.45) is 7.05 Å². The first-order valence-corrected chi connectivity index (χ1v) is 5.34. The zero-order valence-corrected chi connectivity index (χ0v) is 10.2. The average molecular weight is 246 g/mol. The number of carbonyl (C=O) groups is 1. The van der Waals surface area contributed by atoms with Crippen LogP contribution in [0, 0.1) is 0 Å². The van der Waals surface area contributed by atoms with Crippen LogP contribution in [0.4, 0.5) is 11.4 Å². The Bertz CT molecular complexity index is 577. The number of rotatable bonds is 3. The molecule has 1 aromatic heterocycles. The first kappa shape index (κ1) is 12.0. The second-order valence-electron chi connectivity index (χ2n) is 3.77. The van der Waals surface area contributed by atoms with Crippen molar-refractivity contribution in [1.82, 2.24) is 9.55 Å². The molecule has 1 amide bonds. The number of nitrogen functional groups attached to an aromatic ring is 1. The number of nitrogens with two attached hydrogens (primary N) is 1. The molecule has 1 aromatic carbocycles. The molecule has 0 atom stereocenters. The summed E-state index contributed by atoms with van der Waals surface area (Å²) in [6.45, 7) is 0. The number of imidazole rings is 1. The van der Waals surface area contributed by atoms with Gasteiger partial charge in [0.05, 0.1) is 12.8 Å². The predicted molar refractivity (Wildman–Crippen MR) is 68.6 cm³/mol. The quantitative estimate of drug-likeness (QED) is 0.799. The largest absolute Gasteiger partial charge is 0.495 e. The van der Waals surface area contributed by atoms with Gasteiger partial charge in [-0.25, -0.2) is 4.98 Å². The third-order valence-corrected chi connectivity index (χ3v) is 2.52. The van der Waals surface area contributed by atoms with Crippen LogP contribution in [0.15, 0.2) is 30.6 Å². The van der Waals surface area contributed by atoms with E-state index in [4.69, 9.17) is 10.5 Å². The van der Waals surface area contributed by atoms with Gasteiger partial charge in [-0.1, -0.05) is 0 Å². The molecule has 6 nitrogen and oxygen atoms in total. The van der Waals surface area contributed by atoms with E-state index in [0.29, 0.717) is 22.9 Å². The summed E-state index contributed by atoms with van der Waals surface area (Å²) >= 11 is 0. The van der Waals surface area contributed by atoms with E-state index in [9.17, 15) is 4.79 Å². The molecule has 6 heteroatoms. The lowest BCUT2D eigenvalue weighted by Gasteiger charge is -2.08. The number of benzene rings is 1. The molecule has 2 aromatic rings. The molecular weight excluding hydrogens is 232 g/mol. The molecule has 0 aliphatic carbocycles. The zero-order valence-electron chi connectivity index (χ0n) is 10.2. The van der Waals surface area contributed by atoms with Crippen molar-refractivity contribution >= 4 is 17.3 Å². The number of carbonyl (C=O) groups excluding carboxylic acids is 1. The van der Waals surface area contributed by atoms with Crippen LogP contribution in [0.3, 0.4) is 0 Å². The Morgan fingerprint density at radius 1 is 1.50 bits per heavy atom. The number of methoxy groups -OCH3 is 1. The Morgan fingerprint density at radius 3 is 2.89 bits per heavy atom. The van der Waals surface area contributed by atoms with Gasteiger partial charge in [0, 0.05) is 31.2 Å². The molecule has 0 bridgehead atoms. The second kappa shape index (κ2) is 4.79. The number of nitrogens with zero attached hydrogens (tertiary/aromatic N) is 2. The molecule has 0 radical (unpaired) electrons. The smallest absolute Gasteiger partial charge is 0.291 e. The van der Waals surface area contributed by atoms with E-state index in [1.54, 1.807) is 42.2 Å². The standard InChI is InChI=1S/C12H14N4O2/c1-16-6-5-14-11(16)12(17)15-8-3-4-9(13)10(7-8)18-2/h3-7H,13H2,1-2H3,(H,15,17). The molecule has 2 rings (SSSR count). The van der Waals surface area contributed by atoms with Crippen molar-refractivity contribution in [1.29, 1.82) is 0 Å². The van der Waals surface area contributed by atoms with Crippen LogP contribution in [0.5, 0.6) is 5.75 Å². The van der Waals surface area contributed by atoms with E-state index in [0.717, 1.165) is 0 Å². The van der Waals surface area contributed by atoms with Crippen LogP contribution in [-0.2, 0) is 7.05 Å². The van der Waals surface area contributed by atoms with Crippen molar-refractivity contribution in [2.45, 2.75) is 0 Å². The van der Waals surface area contributed by atoms with Gasteiger partial charge in [-0.15, -0.1) is 0 Å². The van der Waals surface area contributed by atoms with Crippen LogP contribution < -0.4 is 15.8 Å². The molecule has 94 valence electrons. The summed E-state index contributed by atoms with van der Waals surface area (Å²) in [4.78, 5) is 15.9. The fraction of sp³-hybridized carbons (Fsp3) is 0.167. The Morgan fingerprint density at radius 2 is 2.28 bits per heavy atom. The Hall–Kier alpha value is -2.50. The highest BCUT2D eigenvalue weighted by molar-refractivity contribution is 6.02. The van der Waals surface area contributed by atoms with E-state index in [2.05, 4.69) is 10.3 Å². The summed E-state index contributed by atoms with van der Waals surface area (Å²) in [5, 5.41) is 2.73. The van der Waals surface area contributed by atoms with Crippen LogP contribution in [0.1, 0.15) is 10.6 Å². The lowest BCUT2D eigenvalue weighted by molar-refractivity contribution is 0.101. The van der Waals surface area contributed by atoms with Crippen LogP contribution in [0.25, 0.3) is 0 Å². The highest BCUT2D eigenvalue weighted by Crippen LogP contribution is 2.25. The molecule has 0 saturated heterocycles. The summed E-state index contributed by atoms with van der Waals surface area (Å²) in [5.74, 6) is 0.577. The van der Waals surface area contributed by atoms with E-state index >= 15 is 0 Å². The fourth-order valence-electron chi connectivity index (χ4n) is 1.56. The van der Waals surface area contributed by atoms with Gasteiger partial charge < -0.3 is 20.4 Å². The van der Waals surface area contributed by atoms with Gasteiger partial charge >= 0.3 is 0 Å². The molecule has 0 aliphatic rings. The third-order valence-electron chi connectivity index (χ3n) is 2.52. The molecule has 0 spiro atoms. The summed E-state index contributed by atoms with van der Waals surface area (Å²) in [6.07, 6.45) is 3.27. The number of anilines is 2. The van der Waals surface area contributed by atoms with Gasteiger partial charge in [0.1, 0.15) is 5.75 Å². The van der Waals surface area contributed by atoms with E-state index < -0.39 is 0 Å². The van der Waals surface area contributed by atoms with Crippen molar-refractivity contribution in [3.8, 4) is 5.75 Å². The first-order chi connectivity index (χ1) is 8.61. The average Bonchev–Trinajstić information content (AvgIpc) is 2.78.